The quantitative estimate of drug-likeness (QED) is 0.809. The van der Waals surface area contributed by atoms with Gasteiger partial charge in [0.2, 0.25) is 5.60 Å². The van der Waals surface area contributed by atoms with Crippen molar-refractivity contribution in [3.63, 3.8) is 0 Å². The fourth-order valence-corrected chi connectivity index (χ4v) is 4.26. The topological polar surface area (TPSA) is 49.8 Å². The molecule has 0 atom stereocenters. The largest absolute Gasteiger partial charge is 0.479 e. The second-order valence-electron chi connectivity index (χ2n) is 8.58. The van der Waals surface area contributed by atoms with Crippen LogP contribution < -0.4 is 0 Å². The van der Waals surface area contributed by atoms with Crippen molar-refractivity contribution in [2.24, 2.45) is 0 Å². The third-order valence-corrected chi connectivity index (χ3v) is 5.57. The second kappa shape index (κ2) is 7.10. The zero-order valence-electron chi connectivity index (χ0n) is 16.6. The molecule has 0 unspecified atom stereocenters. The number of carboxylic acid groups (broad SMARTS) is 1. The van der Waals surface area contributed by atoms with E-state index >= 15 is 0 Å². The van der Waals surface area contributed by atoms with Crippen LogP contribution in [0.2, 0.25) is 0 Å². The lowest BCUT2D eigenvalue weighted by Gasteiger charge is -2.54. The van der Waals surface area contributed by atoms with Crippen LogP contribution in [0.1, 0.15) is 58.1 Å². The molecule has 1 N–H and O–H groups in total. The van der Waals surface area contributed by atoms with E-state index in [0.717, 1.165) is 19.3 Å². The number of carbonyl (C=O) groups is 1. The van der Waals surface area contributed by atoms with E-state index in [1.165, 1.54) is 0 Å². The van der Waals surface area contributed by atoms with Gasteiger partial charge < -0.3 is 5.11 Å². The first-order valence-electron chi connectivity index (χ1n) is 9.54. The molecule has 1 heterocycles. The monoisotopic (exact) mass is 367 g/mol. The van der Waals surface area contributed by atoms with Gasteiger partial charge in [0.25, 0.3) is 0 Å². The molecule has 4 nitrogen and oxygen atoms in total. The Morgan fingerprint density at radius 1 is 0.889 bits per heavy atom. The Morgan fingerprint density at radius 3 is 1.67 bits per heavy atom. The van der Waals surface area contributed by atoms with Gasteiger partial charge in [-0.05, 0) is 47.0 Å². The van der Waals surface area contributed by atoms with Crippen LogP contribution >= 0.6 is 0 Å². The van der Waals surface area contributed by atoms with Crippen LogP contribution in [0.25, 0.3) is 0 Å². The van der Waals surface area contributed by atoms with Gasteiger partial charge in [0.05, 0.1) is 0 Å². The summed E-state index contributed by atoms with van der Waals surface area (Å²) in [6.07, 6.45) is 3.00. The van der Waals surface area contributed by atoms with Crippen LogP contribution in [0, 0.1) is 0 Å². The van der Waals surface area contributed by atoms with Gasteiger partial charge in [0.1, 0.15) is 0 Å². The number of piperidine rings is 1. The maximum atomic E-state index is 12.8. The zero-order valence-corrected chi connectivity index (χ0v) is 16.6. The number of nitrogens with zero attached hydrogens (tertiary/aromatic N) is 1. The van der Waals surface area contributed by atoms with Crippen molar-refractivity contribution in [3.8, 4) is 0 Å². The Hall–Kier alpha value is -2.17. The number of hydrogen-bond acceptors (Lipinski definition) is 3. The molecule has 2 aromatic carbocycles. The Labute approximate surface area is 161 Å². The van der Waals surface area contributed by atoms with Crippen molar-refractivity contribution in [1.29, 1.82) is 0 Å². The molecule has 0 bridgehead atoms. The molecule has 2 aromatic rings. The lowest BCUT2D eigenvalue weighted by molar-refractivity contribution is -0.326. The SMILES string of the molecule is CC1(C)CCCC(C)(C)N1OC(C(=O)O)(c1ccccc1)c1ccccc1. The van der Waals surface area contributed by atoms with E-state index in [1.54, 1.807) is 0 Å². The second-order valence-corrected chi connectivity index (χ2v) is 8.58. The standard InChI is InChI=1S/C23H29NO3/c1-21(2)16-11-17-22(3,4)24(21)27-23(20(25)26,18-12-7-5-8-13-18)19-14-9-6-10-15-19/h5-10,12-15H,11,16-17H2,1-4H3,(H,25,26). The summed E-state index contributed by atoms with van der Waals surface area (Å²) < 4.78 is 0. The average Bonchev–Trinajstić information content (AvgIpc) is 2.62. The molecule has 4 heteroatoms. The minimum absolute atomic E-state index is 0.272. The molecule has 27 heavy (non-hydrogen) atoms. The molecule has 0 amide bonds. The van der Waals surface area contributed by atoms with E-state index in [9.17, 15) is 9.90 Å². The molecular weight excluding hydrogens is 338 g/mol. The highest BCUT2D eigenvalue weighted by molar-refractivity contribution is 5.84. The molecule has 0 saturated carbocycles. The van der Waals surface area contributed by atoms with Crippen molar-refractivity contribution in [1.82, 2.24) is 5.06 Å². The van der Waals surface area contributed by atoms with Crippen LogP contribution in [0.15, 0.2) is 60.7 Å². The minimum atomic E-state index is -1.60. The third-order valence-electron chi connectivity index (χ3n) is 5.57. The van der Waals surface area contributed by atoms with E-state index in [4.69, 9.17) is 4.84 Å². The number of hydroxylamine groups is 2. The summed E-state index contributed by atoms with van der Waals surface area (Å²) in [6.45, 7) is 8.49. The van der Waals surface area contributed by atoms with Crippen LogP contribution in [0.3, 0.4) is 0 Å². The number of hydrogen-bond donors (Lipinski definition) is 1. The Morgan fingerprint density at radius 2 is 1.30 bits per heavy atom. The number of aliphatic carboxylic acids is 1. The van der Waals surface area contributed by atoms with Gasteiger partial charge in [0, 0.05) is 22.2 Å². The molecule has 1 aliphatic heterocycles. The molecule has 0 radical (unpaired) electrons. The van der Waals surface area contributed by atoms with Crippen LogP contribution in [0.4, 0.5) is 0 Å². The first kappa shape index (κ1) is 19.6. The molecule has 1 aliphatic rings. The van der Waals surface area contributed by atoms with E-state index in [1.807, 2.05) is 65.7 Å². The molecule has 3 rings (SSSR count). The van der Waals surface area contributed by atoms with Crippen molar-refractivity contribution < 1.29 is 14.7 Å². The summed E-state index contributed by atoms with van der Waals surface area (Å²) >= 11 is 0. The third kappa shape index (κ3) is 3.52. The van der Waals surface area contributed by atoms with E-state index in [2.05, 4.69) is 27.7 Å². The van der Waals surface area contributed by atoms with Gasteiger partial charge in [0.15, 0.2) is 0 Å². The lowest BCUT2D eigenvalue weighted by atomic mass is 9.81. The summed E-state index contributed by atoms with van der Waals surface area (Å²) in [5.41, 5.74) is -0.923. The van der Waals surface area contributed by atoms with Crippen molar-refractivity contribution >= 4 is 5.97 Å². The molecule has 0 aliphatic carbocycles. The first-order chi connectivity index (χ1) is 12.7. The Balaban J connectivity index is 2.20. The number of carboxylic acids is 1. The van der Waals surface area contributed by atoms with Gasteiger partial charge in [-0.3, -0.25) is 4.84 Å². The molecule has 1 saturated heterocycles. The molecule has 1 fully saturated rings. The summed E-state index contributed by atoms with van der Waals surface area (Å²) in [6, 6.07) is 18.5. The predicted molar refractivity (Wildman–Crippen MR) is 106 cm³/mol. The van der Waals surface area contributed by atoms with Gasteiger partial charge in [-0.15, -0.1) is 0 Å². The lowest BCUT2D eigenvalue weighted by Crippen LogP contribution is -2.62. The van der Waals surface area contributed by atoms with Gasteiger partial charge in [-0.25, -0.2) is 4.79 Å². The number of rotatable bonds is 5. The summed E-state index contributed by atoms with van der Waals surface area (Å²) in [5.74, 6) is -1.02. The minimum Gasteiger partial charge on any atom is -0.479 e. The molecule has 0 aromatic heterocycles. The number of benzene rings is 2. The van der Waals surface area contributed by atoms with Crippen LogP contribution in [0.5, 0.6) is 0 Å². The van der Waals surface area contributed by atoms with Crippen LogP contribution in [-0.2, 0) is 15.2 Å². The van der Waals surface area contributed by atoms with Crippen molar-refractivity contribution in [3.05, 3.63) is 71.8 Å². The highest BCUT2D eigenvalue weighted by atomic mass is 16.7. The fourth-order valence-electron chi connectivity index (χ4n) is 4.26. The fraction of sp³-hybridized carbons (Fsp3) is 0.435. The molecule has 0 spiro atoms. The van der Waals surface area contributed by atoms with Gasteiger partial charge >= 0.3 is 5.97 Å². The average molecular weight is 367 g/mol. The predicted octanol–water partition coefficient (Wildman–Crippen LogP) is 4.99. The van der Waals surface area contributed by atoms with Gasteiger partial charge in [-0.2, -0.15) is 5.06 Å². The normalized spacial score (nSPS) is 19.6. The first-order valence-corrected chi connectivity index (χ1v) is 9.54. The van der Waals surface area contributed by atoms with Crippen molar-refractivity contribution in [2.45, 2.75) is 63.6 Å². The summed E-state index contributed by atoms with van der Waals surface area (Å²) in [4.78, 5) is 19.3. The maximum absolute atomic E-state index is 12.8. The van der Waals surface area contributed by atoms with E-state index < -0.39 is 11.6 Å². The molecular formula is C23H29NO3. The zero-order chi connectivity index (χ0) is 19.7. The van der Waals surface area contributed by atoms with Crippen LogP contribution in [-0.4, -0.2) is 27.2 Å². The Bertz CT molecular complexity index is 728. The van der Waals surface area contributed by atoms with Crippen molar-refractivity contribution in [2.75, 3.05) is 0 Å². The van der Waals surface area contributed by atoms with E-state index in [-0.39, 0.29) is 11.1 Å². The summed E-state index contributed by atoms with van der Waals surface area (Å²) in [7, 11) is 0. The highest BCUT2D eigenvalue weighted by Gasteiger charge is 2.52. The summed E-state index contributed by atoms with van der Waals surface area (Å²) in [5, 5.41) is 12.4. The maximum Gasteiger partial charge on any atom is 0.347 e. The van der Waals surface area contributed by atoms with E-state index in [0.29, 0.717) is 11.1 Å². The highest BCUT2D eigenvalue weighted by Crippen LogP contribution is 2.44. The van der Waals surface area contributed by atoms with Gasteiger partial charge in [-0.1, -0.05) is 60.7 Å². The Kier molecular flexibility index (Phi) is 5.15. The molecule has 144 valence electrons. The smallest absolute Gasteiger partial charge is 0.347 e.